The number of sulfonamides is 1. The number of aromatic carboxylic acids is 1. The molecule has 122 valence electrons. The van der Waals surface area contributed by atoms with Gasteiger partial charge in [0, 0.05) is 6.04 Å². The van der Waals surface area contributed by atoms with Crippen molar-refractivity contribution in [2.75, 3.05) is 20.1 Å². The quantitative estimate of drug-likeness (QED) is 0.852. The molecule has 22 heavy (non-hydrogen) atoms. The van der Waals surface area contributed by atoms with Crippen molar-refractivity contribution in [3.05, 3.63) is 29.3 Å². The van der Waals surface area contributed by atoms with E-state index in [2.05, 4.69) is 9.62 Å². The Balaban J connectivity index is 2.28. The van der Waals surface area contributed by atoms with Crippen LogP contribution in [-0.4, -0.2) is 50.6 Å². The number of carboxylic acid groups (broad SMARTS) is 1. The van der Waals surface area contributed by atoms with Crippen LogP contribution < -0.4 is 4.72 Å². The van der Waals surface area contributed by atoms with Crippen LogP contribution >= 0.6 is 0 Å². The fraction of sp³-hybridized carbons (Fsp3) is 0.533. The first kappa shape index (κ1) is 16.9. The minimum Gasteiger partial charge on any atom is -0.478 e. The molecule has 1 fully saturated rings. The van der Waals surface area contributed by atoms with Gasteiger partial charge in [0.25, 0.3) is 0 Å². The number of piperidine rings is 1. The molecule has 2 N–H and O–H groups in total. The number of benzene rings is 1. The summed E-state index contributed by atoms with van der Waals surface area (Å²) in [7, 11) is -1.70. The molecular formula is C15H22N2O4S. The lowest BCUT2D eigenvalue weighted by Gasteiger charge is -2.29. The summed E-state index contributed by atoms with van der Waals surface area (Å²) in [5, 5.41) is 9.07. The minimum atomic E-state index is -3.71. The fourth-order valence-electron chi connectivity index (χ4n) is 2.64. The van der Waals surface area contributed by atoms with E-state index < -0.39 is 16.0 Å². The summed E-state index contributed by atoms with van der Waals surface area (Å²) in [6, 6.07) is 4.17. The van der Waals surface area contributed by atoms with Gasteiger partial charge >= 0.3 is 5.97 Å². The molecular weight excluding hydrogens is 304 g/mol. The van der Waals surface area contributed by atoms with E-state index in [1.165, 1.54) is 12.1 Å². The van der Waals surface area contributed by atoms with Crippen LogP contribution in [0.4, 0.5) is 0 Å². The van der Waals surface area contributed by atoms with E-state index in [-0.39, 0.29) is 16.5 Å². The van der Waals surface area contributed by atoms with Crippen molar-refractivity contribution in [3.8, 4) is 0 Å². The van der Waals surface area contributed by atoms with Crippen molar-refractivity contribution >= 4 is 16.0 Å². The first-order valence-electron chi connectivity index (χ1n) is 7.40. The number of nitrogens with one attached hydrogen (secondary N) is 1. The van der Waals surface area contributed by atoms with Crippen molar-refractivity contribution < 1.29 is 18.3 Å². The predicted molar refractivity (Wildman–Crippen MR) is 83.6 cm³/mol. The van der Waals surface area contributed by atoms with Crippen LogP contribution in [0.2, 0.25) is 0 Å². The zero-order valence-electron chi connectivity index (χ0n) is 12.9. The van der Waals surface area contributed by atoms with Crippen LogP contribution in [0.25, 0.3) is 0 Å². The Kier molecular flexibility index (Phi) is 5.20. The summed E-state index contributed by atoms with van der Waals surface area (Å²) in [4.78, 5) is 13.3. The van der Waals surface area contributed by atoms with Gasteiger partial charge in [-0.15, -0.1) is 0 Å². The SMILES string of the molecule is CCc1ccc(C(=O)O)cc1S(=O)(=O)NC1CCN(C)CC1. The van der Waals surface area contributed by atoms with E-state index in [1.807, 2.05) is 14.0 Å². The highest BCUT2D eigenvalue weighted by Gasteiger charge is 2.25. The molecule has 1 aliphatic heterocycles. The van der Waals surface area contributed by atoms with Gasteiger partial charge in [-0.05, 0) is 57.1 Å². The van der Waals surface area contributed by atoms with Crippen molar-refractivity contribution in [2.24, 2.45) is 0 Å². The largest absolute Gasteiger partial charge is 0.478 e. The molecule has 0 atom stereocenters. The summed E-state index contributed by atoms with van der Waals surface area (Å²) in [6.45, 7) is 3.55. The van der Waals surface area contributed by atoms with Crippen LogP contribution in [0.1, 0.15) is 35.7 Å². The molecule has 0 radical (unpaired) electrons. The molecule has 2 rings (SSSR count). The summed E-state index contributed by atoms with van der Waals surface area (Å²) in [6.07, 6.45) is 2.05. The van der Waals surface area contributed by atoms with Gasteiger partial charge in [0.1, 0.15) is 0 Å². The second-order valence-electron chi connectivity index (χ2n) is 5.68. The van der Waals surface area contributed by atoms with Gasteiger partial charge in [-0.1, -0.05) is 13.0 Å². The smallest absolute Gasteiger partial charge is 0.335 e. The molecule has 6 nitrogen and oxygen atoms in total. The molecule has 1 aromatic carbocycles. The third kappa shape index (κ3) is 3.85. The molecule has 0 unspecified atom stereocenters. The first-order valence-corrected chi connectivity index (χ1v) is 8.89. The zero-order chi connectivity index (χ0) is 16.3. The van der Waals surface area contributed by atoms with Crippen molar-refractivity contribution in [1.29, 1.82) is 0 Å². The molecule has 0 bridgehead atoms. The molecule has 0 amide bonds. The Labute approximate surface area is 131 Å². The summed E-state index contributed by atoms with van der Waals surface area (Å²) < 4.78 is 28.0. The lowest BCUT2D eigenvalue weighted by molar-refractivity contribution is 0.0696. The molecule has 0 spiro atoms. The van der Waals surface area contributed by atoms with Crippen LogP contribution in [0.5, 0.6) is 0 Å². The number of hydrogen-bond acceptors (Lipinski definition) is 4. The minimum absolute atomic E-state index is 0.0130. The third-order valence-corrected chi connectivity index (χ3v) is 5.63. The molecule has 1 aliphatic rings. The van der Waals surface area contributed by atoms with Gasteiger partial charge in [0.2, 0.25) is 10.0 Å². The Morgan fingerprint density at radius 3 is 2.55 bits per heavy atom. The van der Waals surface area contributed by atoms with Gasteiger partial charge in [0.05, 0.1) is 10.5 Å². The van der Waals surface area contributed by atoms with Gasteiger partial charge in [-0.25, -0.2) is 17.9 Å². The monoisotopic (exact) mass is 326 g/mol. The normalized spacial score (nSPS) is 17.5. The third-order valence-electron chi connectivity index (χ3n) is 4.02. The Morgan fingerprint density at radius 1 is 1.36 bits per heavy atom. The van der Waals surface area contributed by atoms with E-state index >= 15 is 0 Å². The Hall–Kier alpha value is -1.44. The second kappa shape index (κ2) is 6.76. The number of carbonyl (C=O) groups is 1. The fourth-order valence-corrected chi connectivity index (χ4v) is 4.28. The first-order chi connectivity index (χ1) is 10.3. The van der Waals surface area contributed by atoms with Crippen LogP contribution in [0.15, 0.2) is 23.1 Å². The number of nitrogens with zero attached hydrogens (tertiary/aromatic N) is 1. The van der Waals surface area contributed by atoms with E-state index in [1.54, 1.807) is 6.07 Å². The Bertz CT molecular complexity index is 650. The highest BCUT2D eigenvalue weighted by molar-refractivity contribution is 7.89. The number of rotatable bonds is 5. The van der Waals surface area contributed by atoms with Gasteiger partial charge in [0.15, 0.2) is 0 Å². The predicted octanol–water partition coefficient (Wildman–Crippen LogP) is 1.32. The van der Waals surface area contributed by atoms with E-state index in [0.29, 0.717) is 12.0 Å². The van der Waals surface area contributed by atoms with E-state index in [9.17, 15) is 13.2 Å². The summed E-state index contributed by atoms with van der Waals surface area (Å²) in [5.41, 5.74) is 0.617. The molecule has 0 aromatic heterocycles. The van der Waals surface area contributed by atoms with E-state index in [4.69, 9.17) is 5.11 Å². The lowest BCUT2D eigenvalue weighted by Crippen LogP contribution is -2.43. The average molecular weight is 326 g/mol. The second-order valence-corrected chi connectivity index (χ2v) is 7.36. The maximum Gasteiger partial charge on any atom is 0.335 e. The van der Waals surface area contributed by atoms with Crippen molar-refractivity contribution in [3.63, 3.8) is 0 Å². The van der Waals surface area contributed by atoms with E-state index in [0.717, 1.165) is 25.9 Å². The maximum absolute atomic E-state index is 12.6. The zero-order valence-corrected chi connectivity index (χ0v) is 13.7. The standard InChI is InChI=1S/C15H22N2O4S/c1-3-11-4-5-12(15(18)19)10-14(11)22(20,21)16-13-6-8-17(2)9-7-13/h4-5,10,13,16H,3,6-9H2,1-2H3,(H,18,19). The van der Waals surface area contributed by atoms with Gasteiger partial charge in [-0.2, -0.15) is 0 Å². The van der Waals surface area contributed by atoms with Crippen LogP contribution in [0, 0.1) is 0 Å². The van der Waals surface area contributed by atoms with Crippen LogP contribution in [0.3, 0.4) is 0 Å². The molecule has 7 heteroatoms. The highest BCUT2D eigenvalue weighted by atomic mass is 32.2. The van der Waals surface area contributed by atoms with Crippen molar-refractivity contribution in [2.45, 2.75) is 37.1 Å². The maximum atomic E-state index is 12.6. The molecule has 1 aromatic rings. The number of hydrogen-bond donors (Lipinski definition) is 2. The number of carboxylic acids is 1. The summed E-state index contributed by atoms with van der Waals surface area (Å²) >= 11 is 0. The van der Waals surface area contributed by atoms with Gasteiger partial charge in [-0.3, -0.25) is 0 Å². The van der Waals surface area contributed by atoms with Gasteiger partial charge < -0.3 is 10.0 Å². The van der Waals surface area contributed by atoms with Crippen LogP contribution in [-0.2, 0) is 16.4 Å². The number of aryl methyl sites for hydroxylation is 1. The molecule has 1 saturated heterocycles. The number of likely N-dealkylation sites (tertiary alicyclic amines) is 1. The average Bonchev–Trinajstić information content (AvgIpc) is 2.48. The molecule has 0 aliphatic carbocycles. The summed E-state index contributed by atoms with van der Waals surface area (Å²) in [5.74, 6) is -1.13. The van der Waals surface area contributed by atoms with Crippen molar-refractivity contribution in [1.82, 2.24) is 9.62 Å². The topological polar surface area (TPSA) is 86.7 Å². The Morgan fingerprint density at radius 2 is 2.00 bits per heavy atom. The lowest BCUT2D eigenvalue weighted by atomic mass is 10.1. The molecule has 0 saturated carbocycles. The highest BCUT2D eigenvalue weighted by Crippen LogP contribution is 2.20. The molecule has 1 heterocycles.